The summed E-state index contributed by atoms with van der Waals surface area (Å²) in [6.07, 6.45) is 4.69. The van der Waals surface area contributed by atoms with E-state index in [2.05, 4.69) is 24.3 Å². The van der Waals surface area contributed by atoms with Gasteiger partial charge in [0.15, 0.2) is 0 Å². The van der Waals surface area contributed by atoms with Crippen LogP contribution in [0.4, 0.5) is 0 Å². The molecule has 0 saturated heterocycles. The van der Waals surface area contributed by atoms with Crippen LogP contribution in [-0.2, 0) is 22.4 Å². The molecule has 2 heteroatoms. The van der Waals surface area contributed by atoms with Gasteiger partial charge in [-0.3, -0.25) is 4.79 Å². The maximum Gasteiger partial charge on any atom is 0.309 e. The van der Waals surface area contributed by atoms with Crippen molar-refractivity contribution in [3.63, 3.8) is 0 Å². The molecule has 1 aromatic rings. The van der Waals surface area contributed by atoms with Crippen molar-refractivity contribution in [3.05, 3.63) is 35.4 Å². The SMILES string of the molecule is CCC(CC)C(=O)O[C@@H]1CCc2ccccc2C1. The molecule has 0 aromatic heterocycles. The van der Waals surface area contributed by atoms with Crippen molar-refractivity contribution >= 4 is 5.97 Å². The lowest BCUT2D eigenvalue weighted by Gasteiger charge is -2.26. The Hall–Kier alpha value is -1.31. The topological polar surface area (TPSA) is 26.3 Å². The van der Waals surface area contributed by atoms with Crippen molar-refractivity contribution < 1.29 is 9.53 Å². The van der Waals surface area contributed by atoms with Crippen LogP contribution in [0.3, 0.4) is 0 Å². The molecule has 0 amide bonds. The molecule has 2 nitrogen and oxygen atoms in total. The normalized spacial score (nSPS) is 18.5. The fraction of sp³-hybridized carbons (Fsp3) is 0.562. The third kappa shape index (κ3) is 2.92. The highest BCUT2D eigenvalue weighted by atomic mass is 16.5. The van der Waals surface area contributed by atoms with Crippen molar-refractivity contribution in [1.82, 2.24) is 0 Å². The summed E-state index contributed by atoms with van der Waals surface area (Å²) in [5.41, 5.74) is 2.75. The average Bonchev–Trinajstić information content (AvgIpc) is 2.40. The first kappa shape index (κ1) is 13.1. The second-order valence-corrected chi connectivity index (χ2v) is 5.08. The van der Waals surface area contributed by atoms with E-state index in [1.807, 2.05) is 13.8 Å². The number of hydrogen-bond donors (Lipinski definition) is 0. The Bertz CT molecular complexity index is 407. The predicted octanol–water partition coefficient (Wildman–Crippen LogP) is 3.52. The van der Waals surface area contributed by atoms with Gasteiger partial charge in [-0.2, -0.15) is 0 Å². The van der Waals surface area contributed by atoms with Crippen LogP contribution in [0.25, 0.3) is 0 Å². The fourth-order valence-corrected chi connectivity index (χ4v) is 2.65. The van der Waals surface area contributed by atoms with Crippen LogP contribution in [0.5, 0.6) is 0 Å². The molecule has 1 aromatic carbocycles. The molecule has 1 atom stereocenters. The number of ether oxygens (including phenoxy) is 1. The van der Waals surface area contributed by atoms with E-state index < -0.39 is 0 Å². The molecule has 0 saturated carbocycles. The van der Waals surface area contributed by atoms with Gasteiger partial charge in [0.05, 0.1) is 5.92 Å². The zero-order valence-electron chi connectivity index (χ0n) is 11.3. The Morgan fingerprint density at radius 3 is 2.61 bits per heavy atom. The maximum absolute atomic E-state index is 12.0. The van der Waals surface area contributed by atoms with E-state index in [1.54, 1.807) is 0 Å². The van der Waals surface area contributed by atoms with E-state index in [0.29, 0.717) is 0 Å². The molecular weight excluding hydrogens is 224 g/mol. The van der Waals surface area contributed by atoms with Crippen LogP contribution in [-0.4, -0.2) is 12.1 Å². The van der Waals surface area contributed by atoms with Gasteiger partial charge in [0.1, 0.15) is 6.10 Å². The monoisotopic (exact) mass is 246 g/mol. The molecule has 18 heavy (non-hydrogen) atoms. The third-order valence-corrected chi connectivity index (χ3v) is 3.90. The van der Waals surface area contributed by atoms with Gasteiger partial charge in [-0.25, -0.2) is 0 Å². The van der Waals surface area contributed by atoms with E-state index in [4.69, 9.17) is 4.74 Å². The number of carbonyl (C=O) groups excluding carboxylic acids is 1. The molecule has 0 N–H and O–H groups in total. The first-order chi connectivity index (χ1) is 8.74. The number of carbonyl (C=O) groups is 1. The number of fused-ring (bicyclic) bond motifs is 1. The summed E-state index contributed by atoms with van der Waals surface area (Å²) in [6, 6.07) is 8.46. The van der Waals surface area contributed by atoms with Gasteiger partial charge in [0, 0.05) is 6.42 Å². The van der Waals surface area contributed by atoms with E-state index >= 15 is 0 Å². The van der Waals surface area contributed by atoms with E-state index in [0.717, 1.165) is 32.1 Å². The van der Waals surface area contributed by atoms with Crippen molar-refractivity contribution in [1.29, 1.82) is 0 Å². The third-order valence-electron chi connectivity index (χ3n) is 3.90. The summed E-state index contributed by atoms with van der Waals surface area (Å²) < 4.78 is 5.65. The average molecular weight is 246 g/mol. The lowest BCUT2D eigenvalue weighted by molar-refractivity contribution is -0.154. The van der Waals surface area contributed by atoms with Crippen LogP contribution in [0, 0.1) is 5.92 Å². The number of benzene rings is 1. The Morgan fingerprint density at radius 1 is 1.28 bits per heavy atom. The summed E-state index contributed by atoms with van der Waals surface area (Å²) >= 11 is 0. The smallest absolute Gasteiger partial charge is 0.309 e. The predicted molar refractivity (Wildman–Crippen MR) is 72.4 cm³/mol. The van der Waals surface area contributed by atoms with E-state index in [1.165, 1.54) is 11.1 Å². The Morgan fingerprint density at radius 2 is 1.94 bits per heavy atom. The number of hydrogen-bond acceptors (Lipinski definition) is 2. The molecule has 0 radical (unpaired) electrons. The Balaban J connectivity index is 1.95. The van der Waals surface area contributed by atoms with Crippen molar-refractivity contribution in [3.8, 4) is 0 Å². The van der Waals surface area contributed by atoms with Gasteiger partial charge in [0.25, 0.3) is 0 Å². The Kier molecular flexibility index (Phi) is 4.40. The first-order valence-electron chi connectivity index (χ1n) is 7.01. The maximum atomic E-state index is 12.0. The molecule has 0 aliphatic heterocycles. The molecule has 98 valence electrons. The lowest BCUT2D eigenvalue weighted by Crippen LogP contribution is -2.28. The molecule has 0 unspecified atom stereocenters. The van der Waals surface area contributed by atoms with Crippen LogP contribution in [0.1, 0.15) is 44.2 Å². The molecule has 1 aliphatic carbocycles. The van der Waals surface area contributed by atoms with Gasteiger partial charge in [-0.15, -0.1) is 0 Å². The molecular formula is C16H22O2. The summed E-state index contributed by atoms with van der Waals surface area (Å²) in [4.78, 5) is 12.0. The highest BCUT2D eigenvalue weighted by molar-refractivity contribution is 5.72. The number of aryl methyl sites for hydroxylation is 1. The number of esters is 1. The summed E-state index contributed by atoms with van der Waals surface area (Å²) in [6.45, 7) is 4.09. The Labute approximate surface area is 109 Å². The van der Waals surface area contributed by atoms with Crippen LogP contribution >= 0.6 is 0 Å². The van der Waals surface area contributed by atoms with Gasteiger partial charge >= 0.3 is 5.97 Å². The zero-order chi connectivity index (χ0) is 13.0. The van der Waals surface area contributed by atoms with Crippen LogP contribution in [0.15, 0.2) is 24.3 Å². The molecule has 0 spiro atoms. The second kappa shape index (κ2) is 6.03. The van der Waals surface area contributed by atoms with Gasteiger partial charge in [-0.1, -0.05) is 38.1 Å². The van der Waals surface area contributed by atoms with Crippen molar-refractivity contribution in [2.45, 2.75) is 52.1 Å². The first-order valence-corrected chi connectivity index (χ1v) is 7.01. The molecule has 0 bridgehead atoms. The fourth-order valence-electron chi connectivity index (χ4n) is 2.65. The molecule has 2 rings (SSSR count). The second-order valence-electron chi connectivity index (χ2n) is 5.08. The standard InChI is InChI=1S/C16H22O2/c1-3-12(4-2)16(17)18-15-10-9-13-7-5-6-8-14(13)11-15/h5-8,12,15H,3-4,9-11H2,1-2H3/t15-/m1/s1. The van der Waals surface area contributed by atoms with Gasteiger partial charge in [0.2, 0.25) is 0 Å². The van der Waals surface area contributed by atoms with Crippen LogP contribution < -0.4 is 0 Å². The summed E-state index contributed by atoms with van der Waals surface area (Å²) in [5.74, 6) is 0.0616. The van der Waals surface area contributed by atoms with E-state index in [-0.39, 0.29) is 18.0 Å². The molecule has 0 fully saturated rings. The number of rotatable bonds is 4. The van der Waals surface area contributed by atoms with Gasteiger partial charge < -0.3 is 4.74 Å². The minimum absolute atomic E-state index is 0.00983. The quantitative estimate of drug-likeness (QED) is 0.760. The van der Waals surface area contributed by atoms with Crippen LogP contribution in [0.2, 0.25) is 0 Å². The molecule has 0 heterocycles. The summed E-state index contributed by atoms with van der Waals surface area (Å²) in [7, 11) is 0. The van der Waals surface area contributed by atoms with Crippen molar-refractivity contribution in [2.24, 2.45) is 5.92 Å². The molecule has 1 aliphatic rings. The minimum Gasteiger partial charge on any atom is -0.462 e. The zero-order valence-corrected chi connectivity index (χ0v) is 11.3. The van der Waals surface area contributed by atoms with Gasteiger partial charge in [-0.05, 0) is 36.8 Å². The van der Waals surface area contributed by atoms with Crippen molar-refractivity contribution in [2.75, 3.05) is 0 Å². The minimum atomic E-state index is -0.00983. The highest BCUT2D eigenvalue weighted by Gasteiger charge is 2.24. The lowest BCUT2D eigenvalue weighted by atomic mass is 9.90. The highest BCUT2D eigenvalue weighted by Crippen LogP contribution is 2.24. The largest absolute Gasteiger partial charge is 0.462 e. The summed E-state index contributed by atoms with van der Waals surface area (Å²) in [5, 5.41) is 0. The van der Waals surface area contributed by atoms with E-state index in [9.17, 15) is 4.79 Å².